The molecule has 7 nitrogen and oxygen atoms in total. The highest BCUT2D eigenvalue weighted by Gasteiger charge is 2.22. The van der Waals surface area contributed by atoms with Crippen molar-refractivity contribution < 1.29 is 28.9 Å². The summed E-state index contributed by atoms with van der Waals surface area (Å²) in [5.74, 6) is 0.0767. The van der Waals surface area contributed by atoms with Crippen LogP contribution in [0.4, 0.5) is 0 Å². The van der Waals surface area contributed by atoms with Gasteiger partial charge in [-0.05, 0) is 24.3 Å². The topological polar surface area (TPSA) is 94.1 Å². The van der Waals surface area contributed by atoms with Crippen LogP contribution >= 0.6 is 0 Å². The molecule has 2 aromatic carbocycles. The van der Waals surface area contributed by atoms with E-state index in [4.69, 9.17) is 14.2 Å². The highest BCUT2D eigenvalue weighted by molar-refractivity contribution is 5.79. The molecule has 0 fully saturated rings. The predicted octanol–water partition coefficient (Wildman–Crippen LogP) is 2.41. The van der Waals surface area contributed by atoms with Gasteiger partial charge in [0.25, 0.3) is 5.91 Å². The predicted molar refractivity (Wildman–Crippen MR) is 94.6 cm³/mol. The average Bonchev–Trinajstić information content (AvgIpc) is 2.65. The first-order chi connectivity index (χ1) is 12.5. The van der Waals surface area contributed by atoms with Crippen molar-refractivity contribution in [3.8, 4) is 17.2 Å². The molecule has 2 N–H and O–H groups in total. The molecule has 0 spiro atoms. The minimum Gasteiger partial charge on any atom is -0.497 e. The van der Waals surface area contributed by atoms with Crippen molar-refractivity contribution >= 4 is 11.9 Å². The summed E-state index contributed by atoms with van der Waals surface area (Å²) >= 11 is 0. The molecule has 0 aromatic heterocycles. The van der Waals surface area contributed by atoms with Crippen molar-refractivity contribution in [2.45, 2.75) is 12.5 Å². The van der Waals surface area contributed by atoms with Crippen LogP contribution in [0.1, 0.15) is 18.0 Å². The van der Waals surface area contributed by atoms with E-state index >= 15 is 0 Å². The quantitative estimate of drug-likeness (QED) is 0.714. The molecular weight excluding hydrogens is 338 g/mol. The molecule has 2 aromatic rings. The molecule has 0 aliphatic carbocycles. The zero-order chi connectivity index (χ0) is 18.9. The molecule has 26 heavy (non-hydrogen) atoms. The van der Waals surface area contributed by atoms with Crippen LogP contribution in [0.15, 0.2) is 48.5 Å². The molecule has 0 radical (unpaired) electrons. The Morgan fingerprint density at radius 2 is 1.77 bits per heavy atom. The number of carboxylic acids is 1. The Morgan fingerprint density at radius 1 is 1.04 bits per heavy atom. The zero-order valence-electron chi connectivity index (χ0n) is 14.6. The number of carbonyl (C=O) groups is 2. The number of amides is 1. The number of hydrogen-bond acceptors (Lipinski definition) is 5. The molecule has 138 valence electrons. The maximum Gasteiger partial charge on any atom is 0.305 e. The molecule has 0 bridgehead atoms. The number of methoxy groups -OCH3 is 2. The number of aliphatic carboxylic acids is 1. The lowest BCUT2D eigenvalue weighted by Gasteiger charge is -2.20. The Balaban J connectivity index is 2.11. The van der Waals surface area contributed by atoms with Crippen molar-refractivity contribution in [3.05, 3.63) is 54.1 Å². The van der Waals surface area contributed by atoms with Crippen molar-refractivity contribution in [1.82, 2.24) is 5.32 Å². The van der Waals surface area contributed by atoms with Crippen LogP contribution in [0.25, 0.3) is 0 Å². The Morgan fingerprint density at radius 3 is 2.38 bits per heavy atom. The molecular formula is C19H21NO6. The van der Waals surface area contributed by atoms with E-state index in [2.05, 4.69) is 5.32 Å². The SMILES string of the molecule is COc1ccc(C(CC(=O)O)NC(=O)COc2ccccc2)c(OC)c1. The summed E-state index contributed by atoms with van der Waals surface area (Å²) in [5, 5.41) is 11.9. The Hall–Kier alpha value is -3.22. The van der Waals surface area contributed by atoms with Gasteiger partial charge in [0.2, 0.25) is 0 Å². The summed E-state index contributed by atoms with van der Waals surface area (Å²) in [6.45, 7) is -0.224. The fraction of sp³-hybridized carbons (Fsp3) is 0.263. The molecule has 1 unspecified atom stereocenters. The van der Waals surface area contributed by atoms with Gasteiger partial charge in [-0.2, -0.15) is 0 Å². The van der Waals surface area contributed by atoms with Crippen LogP contribution in [0.5, 0.6) is 17.2 Å². The van der Waals surface area contributed by atoms with Gasteiger partial charge in [-0.15, -0.1) is 0 Å². The lowest BCUT2D eigenvalue weighted by Crippen LogP contribution is -2.34. The second-order valence-corrected chi connectivity index (χ2v) is 5.43. The minimum atomic E-state index is -1.04. The highest BCUT2D eigenvalue weighted by atomic mass is 16.5. The van der Waals surface area contributed by atoms with Gasteiger partial charge >= 0.3 is 5.97 Å². The van der Waals surface area contributed by atoms with E-state index < -0.39 is 17.9 Å². The van der Waals surface area contributed by atoms with E-state index in [9.17, 15) is 14.7 Å². The number of hydrogen-bond donors (Lipinski definition) is 2. The first-order valence-corrected chi connectivity index (χ1v) is 7.94. The van der Waals surface area contributed by atoms with Crippen molar-refractivity contribution in [2.24, 2.45) is 0 Å². The van der Waals surface area contributed by atoms with E-state index in [1.165, 1.54) is 14.2 Å². The van der Waals surface area contributed by atoms with Gasteiger partial charge in [-0.3, -0.25) is 9.59 Å². The third kappa shape index (κ3) is 5.41. The van der Waals surface area contributed by atoms with E-state index in [1.54, 1.807) is 42.5 Å². The molecule has 1 atom stereocenters. The van der Waals surface area contributed by atoms with Crippen LogP contribution in [0.2, 0.25) is 0 Å². The Kier molecular flexibility index (Phi) is 6.84. The number of rotatable bonds is 9. The molecule has 0 saturated heterocycles. The van der Waals surface area contributed by atoms with Gasteiger partial charge in [0.05, 0.1) is 26.7 Å². The van der Waals surface area contributed by atoms with Gasteiger partial charge in [0.15, 0.2) is 6.61 Å². The maximum atomic E-state index is 12.2. The highest BCUT2D eigenvalue weighted by Crippen LogP contribution is 2.31. The zero-order valence-corrected chi connectivity index (χ0v) is 14.6. The number of carboxylic acid groups (broad SMARTS) is 1. The minimum absolute atomic E-state index is 0.224. The third-order valence-electron chi connectivity index (χ3n) is 3.64. The molecule has 0 aliphatic heterocycles. The first-order valence-electron chi connectivity index (χ1n) is 7.94. The van der Waals surface area contributed by atoms with Gasteiger partial charge in [-0.25, -0.2) is 0 Å². The standard InChI is InChI=1S/C19H21NO6/c1-24-14-8-9-15(17(10-14)25-2)16(11-19(22)23)20-18(21)12-26-13-6-4-3-5-7-13/h3-10,16H,11-12H2,1-2H3,(H,20,21)(H,22,23). The molecule has 1 amide bonds. The summed E-state index contributed by atoms with van der Waals surface area (Å²) in [6.07, 6.45) is -0.292. The lowest BCUT2D eigenvalue weighted by atomic mass is 10.0. The first kappa shape index (κ1) is 19.1. The molecule has 7 heteroatoms. The third-order valence-corrected chi connectivity index (χ3v) is 3.64. The monoisotopic (exact) mass is 359 g/mol. The van der Waals surface area contributed by atoms with Crippen LogP contribution in [-0.4, -0.2) is 37.8 Å². The van der Waals surface area contributed by atoms with Crippen LogP contribution in [0, 0.1) is 0 Å². The number of nitrogens with one attached hydrogen (secondary N) is 1. The van der Waals surface area contributed by atoms with E-state index in [0.29, 0.717) is 22.8 Å². The van der Waals surface area contributed by atoms with Crippen LogP contribution < -0.4 is 19.5 Å². The second kappa shape index (κ2) is 9.31. The normalized spacial score (nSPS) is 11.3. The maximum absolute atomic E-state index is 12.2. The molecule has 0 heterocycles. The second-order valence-electron chi connectivity index (χ2n) is 5.43. The number of benzene rings is 2. The molecule has 0 aliphatic rings. The lowest BCUT2D eigenvalue weighted by molar-refractivity contribution is -0.137. The molecule has 0 saturated carbocycles. The number of para-hydroxylation sites is 1. The van der Waals surface area contributed by atoms with Gasteiger partial charge < -0.3 is 24.6 Å². The van der Waals surface area contributed by atoms with Crippen molar-refractivity contribution in [2.75, 3.05) is 20.8 Å². The fourth-order valence-corrected chi connectivity index (χ4v) is 2.42. The largest absolute Gasteiger partial charge is 0.497 e. The number of carbonyl (C=O) groups excluding carboxylic acids is 1. The van der Waals surface area contributed by atoms with Gasteiger partial charge in [-0.1, -0.05) is 18.2 Å². The van der Waals surface area contributed by atoms with Crippen molar-refractivity contribution in [3.63, 3.8) is 0 Å². The summed E-state index contributed by atoms with van der Waals surface area (Å²) in [5.41, 5.74) is 0.545. The summed E-state index contributed by atoms with van der Waals surface area (Å²) < 4.78 is 15.8. The Bertz CT molecular complexity index is 747. The molecule has 2 rings (SSSR count). The van der Waals surface area contributed by atoms with E-state index in [1.807, 2.05) is 6.07 Å². The van der Waals surface area contributed by atoms with E-state index in [0.717, 1.165) is 0 Å². The smallest absolute Gasteiger partial charge is 0.305 e. The van der Waals surface area contributed by atoms with Crippen LogP contribution in [-0.2, 0) is 9.59 Å². The summed E-state index contributed by atoms with van der Waals surface area (Å²) in [6, 6.07) is 13.1. The van der Waals surface area contributed by atoms with E-state index in [-0.39, 0.29) is 13.0 Å². The van der Waals surface area contributed by atoms with Crippen molar-refractivity contribution in [1.29, 1.82) is 0 Å². The summed E-state index contributed by atoms with van der Waals surface area (Å²) in [4.78, 5) is 23.4. The summed E-state index contributed by atoms with van der Waals surface area (Å²) in [7, 11) is 2.99. The van der Waals surface area contributed by atoms with Gasteiger partial charge in [0.1, 0.15) is 17.2 Å². The van der Waals surface area contributed by atoms with Gasteiger partial charge in [0, 0.05) is 11.6 Å². The Labute approximate surface area is 151 Å². The van der Waals surface area contributed by atoms with Crippen LogP contribution in [0.3, 0.4) is 0 Å². The number of ether oxygens (including phenoxy) is 3. The fourth-order valence-electron chi connectivity index (χ4n) is 2.42. The average molecular weight is 359 g/mol.